The van der Waals surface area contributed by atoms with E-state index in [4.69, 9.17) is 23.2 Å². The van der Waals surface area contributed by atoms with E-state index < -0.39 is 0 Å². The predicted molar refractivity (Wildman–Crippen MR) is 48.6 cm³/mol. The third-order valence-corrected chi connectivity index (χ3v) is 1.92. The highest BCUT2D eigenvalue weighted by molar-refractivity contribution is 6.43. The molecule has 64 valence electrons. The number of pyridine rings is 1. The quantitative estimate of drug-likeness (QED) is 0.715. The van der Waals surface area contributed by atoms with Gasteiger partial charge in [-0.05, 0) is 6.07 Å². The van der Waals surface area contributed by atoms with Gasteiger partial charge in [0, 0.05) is 13.1 Å². The van der Waals surface area contributed by atoms with Crippen LogP contribution in [0.5, 0.6) is 0 Å². The van der Waals surface area contributed by atoms with Gasteiger partial charge in [0.25, 0.3) is 0 Å². The normalized spacial score (nSPS) is 9.58. The van der Waals surface area contributed by atoms with Crippen LogP contribution in [-0.2, 0) is 4.79 Å². The van der Waals surface area contributed by atoms with Gasteiger partial charge in [0.05, 0.1) is 5.69 Å². The number of hydrogen-bond donors (Lipinski definition) is 1. The summed E-state index contributed by atoms with van der Waals surface area (Å²) in [6, 6.07) is 1.58. The van der Waals surface area contributed by atoms with E-state index in [1.807, 2.05) is 0 Å². The lowest BCUT2D eigenvalue weighted by atomic mass is 10.4. The van der Waals surface area contributed by atoms with Crippen molar-refractivity contribution in [2.75, 3.05) is 5.32 Å². The molecular formula is C7H6Cl2N2O. The number of rotatable bonds is 1. The van der Waals surface area contributed by atoms with Crippen LogP contribution >= 0.6 is 23.2 Å². The maximum atomic E-state index is 10.6. The largest absolute Gasteiger partial charge is 0.325 e. The van der Waals surface area contributed by atoms with Gasteiger partial charge in [-0.15, -0.1) is 0 Å². The van der Waals surface area contributed by atoms with E-state index >= 15 is 0 Å². The van der Waals surface area contributed by atoms with Crippen LogP contribution < -0.4 is 5.32 Å². The molecule has 5 heteroatoms. The molecule has 0 atom stereocenters. The van der Waals surface area contributed by atoms with E-state index in [1.165, 1.54) is 13.1 Å². The molecule has 0 bridgehead atoms. The van der Waals surface area contributed by atoms with E-state index in [-0.39, 0.29) is 16.1 Å². The summed E-state index contributed by atoms with van der Waals surface area (Å²) in [5.74, 6) is -0.195. The van der Waals surface area contributed by atoms with Crippen molar-refractivity contribution in [3.05, 3.63) is 22.4 Å². The van der Waals surface area contributed by atoms with Gasteiger partial charge in [-0.3, -0.25) is 4.79 Å². The highest BCUT2D eigenvalue weighted by atomic mass is 35.5. The Labute approximate surface area is 79.7 Å². The minimum absolute atomic E-state index is 0.183. The van der Waals surface area contributed by atoms with Crippen molar-refractivity contribution >= 4 is 34.8 Å². The minimum atomic E-state index is -0.195. The third kappa shape index (κ3) is 2.09. The molecule has 1 aromatic rings. The molecule has 1 aromatic heterocycles. The monoisotopic (exact) mass is 204 g/mol. The fourth-order valence-electron chi connectivity index (χ4n) is 0.704. The predicted octanol–water partition coefficient (Wildman–Crippen LogP) is 2.35. The summed E-state index contributed by atoms with van der Waals surface area (Å²) < 4.78 is 0. The molecule has 0 aliphatic carbocycles. The summed E-state index contributed by atoms with van der Waals surface area (Å²) in [5, 5.41) is 2.96. The number of carbonyl (C=O) groups is 1. The molecule has 0 aliphatic heterocycles. The summed E-state index contributed by atoms with van der Waals surface area (Å²) in [6.07, 6.45) is 1.47. The van der Waals surface area contributed by atoms with Gasteiger partial charge < -0.3 is 5.32 Å². The molecule has 1 heterocycles. The maximum Gasteiger partial charge on any atom is 0.221 e. The Balaban J connectivity index is 3.00. The second-order valence-corrected chi connectivity index (χ2v) is 2.88. The van der Waals surface area contributed by atoms with Crippen LogP contribution in [0.25, 0.3) is 0 Å². The van der Waals surface area contributed by atoms with Crippen molar-refractivity contribution in [3.8, 4) is 0 Å². The Morgan fingerprint density at radius 1 is 1.58 bits per heavy atom. The number of carbonyl (C=O) groups excluding carboxylic acids is 1. The lowest BCUT2D eigenvalue weighted by Crippen LogP contribution is -2.06. The highest BCUT2D eigenvalue weighted by Gasteiger charge is 2.05. The van der Waals surface area contributed by atoms with E-state index in [1.54, 1.807) is 6.07 Å². The molecular weight excluding hydrogens is 199 g/mol. The summed E-state index contributed by atoms with van der Waals surface area (Å²) in [6.45, 7) is 1.39. The fourth-order valence-corrected chi connectivity index (χ4v) is 1.02. The van der Waals surface area contributed by atoms with Crippen molar-refractivity contribution in [1.29, 1.82) is 0 Å². The standard InChI is InChI=1S/C7H6Cl2N2O/c1-4(12)11-5-2-3-10-7(9)6(5)8/h2-3H,1H3,(H,10,11,12). The molecule has 3 nitrogen and oxygen atoms in total. The molecule has 0 saturated heterocycles. The second-order valence-electron chi connectivity index (χ2n) is 2.14. The number of anilines is 1. The molecule has 0 aliphatic rings. The summed E-state index contributed by atoms with van der Waals surface area (Å²) in [7, 11) is 0. The molecule has 1 rings (SSSR count). The van der Waals surface area contributed by atoms with Crippen LogP contribution in [0.1, 0.15) is 6.92 Å². The molecule has 1 N–H and O–H groups in total. The van der Waals surface area contributed by atoms with Crippen LogP contribution in [0.15, 0.2) is 12.3 Å². The van der Waals surface area contributed by atoms with Crippen LogP contribution in [0.4, 0.5) is 5.69 Å². The average molecular weight is 205 g/mol. The van der Waals surface area contributed by atoms with E-state index in [0.717, 1.165) is 0 Å². The second kappa shape index (κ2) is 3.74. The third-order valence-electron chi connectivity index (χ3n) is 1.16. The zero-order chi connectivity index (χ0) is 9.14. The highest BCUT2D eigenvalue weighted by Crippen LogP contribution is 2.27. The zero-order valence-corrected chi connectivity index (χ0v) is 7.78. The van der Waals surface area contributed by atoms with Crippen LogP contribution in [0.2, 0.25) is 10.2 Å². The Morgan fingerprint density at radius 3 is 2.83 bits per heavy atom. The van der Waals surface area contributed by atoms with Crippen LogP contribution in [-0.4, -0.2) is 10.9 Å². The van der Waals surface area contributed by atoms with Crippen molar-refractivity contribution in [1.82, 2.24) is 4.98 Å². The maximum absolute atomic E-state index is 10.6. The fraction of sp³-hybridized carbons (Fsp3) is 0.143. The zero-order valence-electron chi connectivity index (χ0n) is 6.27. The minimum Gasteiger partial charge on any atom is -0.325 e. The molecule has 0 saturated carbocycles. The smallest absolute Gasteiger partial charge is 0.221 e. The molecule has 0 radical (unpaired) electrons. The average Bonchev–Trinajstić information content (AvgIpc) is 1.98. The van der Waals surface area contributed by atoms with E-state index in [2.05, 4.69) is 10.3 Å². The van der Waals surface area contributed by atoms with Crippen LogP contribution in [0, 0.1) is 0 Å². The van der Waals surface area contributed by atoms with E-state index in [9.17, 15) is 4.79 Å². The number of nitrogens with zero attached hydrogens (tertiary/aromatic N) is 1. The van der Waals surface area contributed by atoms with Gasteiger partial charge in [0.15, 0.2) is 0 Å². The van der Waals surface area contributed by atoms with Gasteiger partial charge in [0.1, 0.15) is 10.2 Å². The molecule has 0 aromatic carbocycles. The van der Waals surface area contributed by atoms with Crippen LogP contribution in [0.3, 0.4) is 0 Å². The number of amides is 1. The molecule has 0 spiro atoms. The Bertz CT molecular complexity index is 314. The molecule has 1 amide bonds. The molecule has 0 unspecified atom stereocenters. The Kier molecular flexibility index (Phi) is 2.89. The topological polar surface area (TPSA) is 42.0 Å². The molecule has 12 heavy (non-hydrogen) atoms. The Hall–Kier alpha value is -0.800. The first-order chi connectivity index (χ1) is 5.61. The van der Waals surface area contributed by atoms with E-state index in [0.29, 0.717) is 5.69 Å². The first-order valence-electron chi connectivity index (χ1n) is 3.19. The van der Waals surface area contributed by atoms with Gasteiger partial charge in [-0.2, -0.15) is 0 Å². The Morgan fingerprint density at radius 2 is 2.25 bits per heavy atom. The van der Waals surface area contributed by atoms with Crippen molar-refractivity contribution in [2.24, 2.45) is 0 Å². The number of nitrogens with one attached hydrogen (secondary N) is 1. The first kappa shape index (κ1) is 9.29. The number of aromatic nitrogens is 1. The van der Waals surface area contributed by atoms with Crippen molar-refractivity contribution < 1.29 is 4.79 Å². The summed E-state index contributed by atoms with van der Waals surface area (Å²) >= 11 is 11.3. The van der Waals surface area contributed by atoms with Gasteiger partial charge in [-0.1, -0.05) is 23.2 Å². The van der Waals surface area contributed by atoms with Gasteiger partial charge >= 0.3 is 0 Å². The summed E-state index contributed by atoms with van der Waals surface area (Å²) in [5.41, 5.74) is 0.476. The SMILES string of the molecule is CC(=O)Nc1ccnc(Cl)c1Cl. The lowest BCUT2D eigenvalue weighted by molar-refractivity contribution is -0.114. The summed E-state index contributed by atoms with van der Waals surface area (Å²) in [4.78, 5) is 14.4. The lowest BCUT2D eigenvalue weighted by Gasteiger charge is -2.03. The molecule has 0 fully saturated rings. The van der Waals surface area contributed by atoms with Gasteiger partial charge in [0.2, 0.25) is 5.91 Å². The van der Waals surface area contributed by atoms with Crippen molar-refractivity contribution in [3.63, 3.8) is 0 Å². The number of hydrogen-bond acceptors (Lipinski definition) is 2. The van der Waals surface area contributed by atoms with Gasteiger partial charge in [-0.25, -0.2) is 4.98 Å². The van der Waals surface area contributed by atoms with Crippen molar-refractivity contribution in [2.45, 2.75) is 6.92 Å². The first-order valence-corrected chi connectivity index (χ1v) is 3.94. The number of halogens is 2.